The van der Waals surface area contributed by atoms with Crippen molar-refractivity contribution in [1.29, 1.82) is 0 Å². The molecule has 6 nitrogen and oxygen atoms in total. The van der Waals surface area contributed by atoms with E-state index in [9.17, 15) is 5.11 Å². The van der Waals surface area contributed by atoms with Crippen LogP contribution in [0.4, 0.5) is 0 Å². The Hall–Kier alpha value is -0.980. The number of aliphatic hydroxyl groups is 1. The number of piperidine rings is 4. The minimum atomic E-state index is 0.297. The normalized spacial score (nSPS) is 37.0. The van der Waals surface area contributed by atoms with Crippen LogP contribution in [0.15, 0.2) is 6.20 Å². The van der Waals surface area contributed by atoms with Crippen molar-refractivity contribution in [3.8, 4) is 0 Å². The average Bonchev–Trinajstić information content (AvgIpc) is 3.06. The summed E-state index contributed by atoms with van der Waals surface area (Å²) in [5.41, 5.74) is 1.17. The lowest BCUT2D eigenvalue weighted by Crippen LogP contribution is -2.53. The topological polar surface area (TPSA) is 66.2 Å². The van der Waals surface area contributed by atoms with Crippen LogP contribution in [0.2, 0.25) is 0 Å². The van der Waals surface area contributed by atoms with Crippen molar-refractivity contribution in [2.75, 3.05) is 32.8 Å². The van der Waals surface area contributed by atoms with Crippen LogP contribution in [-0.2, 0) is 0 Å². The Morgan fingerprint density at radius 1 is 1.29 bits per heavy atom. The molecule has 2 N–H and O–H groups in total. The fourth-order valence-corrected chi connectivity index (χ4v) is 4.37. The maximum atomic E-state index is 9.46. The zero-order valence-electron chi connectivity index (χ0n) is 12.5. The van der Waals surface area contributed by atoms with Crippen LogP contribution in [0.1, 0.15) is 43.3 Å². The summed E-state index contributed by atoms with van der Waals surface area (Å²) in [5.74, 6) is 1.18. The highest BCUT2D eigenvalue weighted by molar-refractivity contribution is 5.11. The van der Waals surface area contributed by atoms with Gasteiger partial charge in [0.1, 0.15) is 0 Å². The Balaban J connectivity index is 1.49. The zero-order valence-corrected chi connectivity index (χ0v) is 12.5. The second-order valence-corrected chi connectivity index (χ2v) is 6.83. The second-order valence-electron chi connectivity index (χ2n) is 6.83. The first-order valence-electron chi connectivity index (χ1n) is 8.32. The van der Waals surface area contributed by atoms with Crippen molar-refractivity contribution in [2.45, 2.75) is 43.7 Å². The van der Waals surface area contributed by atoms with E-state index in [0.717, 1.165) is 45.4 Å². The SMILES string of the molecule is OC[C@H]1C[C@H]2CCN1C[C@@H]2c1cn(C2CCNCC2)nn1. The molecule has 116 valence electrons. The predicted molar refractivity (Wildman–Crippen MR) is 79.1 cm³/mol. The van der Waals surface area contributed by atoms with E-state index >= 15 is 0 Å². The van der Waals surface area contributed by atoms with Gasteiger partial charge in [-0.25, -0.2) is 4.68 Å². The Kier molecular flexibility index (Phi) is 3.69. The quantitative estimate of drug-likeness (QED) is 0.842. The largest absolute Gasteiger partial charge is 0.395 e. The van der Waals surface area contributed by atoms with Gasteiger partial charge in [-0.3, -0.25) is 4.90 Å². The first kappa shape index (κ1) is 13.7. The third-order valence-electron chi connectivity index (χ3n) is 5.68. The fourth-order valence-electron chi connectivity index (χ4n) is 4.37. The van der Waals surface area contributed by atoms with Gasteiger partial charge in [-0.05, 0) is 51.2 Å². The van der Waals surface area contributed by atoms with Crippen molar-refractivity contribution in [3.63, 3.8) is 0 Å². The summed E-state index contributed by atoms with van der Waals surface area (Å²) in [4.78, 5) is 2.44. The molecule has 0 saturated carbocycles. The van der Waals surface area contributed by atoms with Crippen LogP contribution in [0.5, 0.6) is 0 Å². The molecule has 6 heteroatoms. The first-order chi connectivity index (χ1) is 10.3. The maximum Gasteiger partial charge on any atom is 0.0873 e. The molecule has 1 aromatic heterocycles. The van der Waals surface area contributed by atoms with Gasteiger partial charge in [0, 0.05) is 24.7 Å². The first-order valence-corrected chi connectivity index (χ1v) is 8.32. The summed E-state index contributed by atoms with van der Waals surface area (Å²) in [6.45, 7) is 4.64. The van der Waals surface area contributed by atoms with Crippen LogP contribution in [0.25, 0.3) is 0 Å². The number of aliphatic hydroxyl groups excluding tert-OH is 1. The van der Waals surface area contributed by atoms with Gasteiger partial charge in [-0.2, -0.15) is 0 Å². The zero-order chi connectivity index (χ0) is 14.2. The van der Waals surface area contributed by atoms with Crippen LogP contribution >= 0.6 is 0 Å². The number of rotatable bonds is 3. The molecular weight excluding hydrogens is 266 g/mol. The predicted octanol–water partition coefficient (Wildman–Crippen LogP) is 0.373. The van der Waals surface area contributed by atoms with Crippen LogP contribution < -0.4 is 5.32 Å². The molecule has 0 aromatic carbocycles. The van der Waals surface area contributed by atoms with Gasteiger partial charge in [-0.15, -0.1) is 5.10 Å². The van der Waals surface area contributed by atoms with Gasteiger partial charge in [-0.1, -0.05) is 5.21 Å². The number of fused-ring (bicyclic) bond motifs is 3. The Bertz CT molecular complexity index is 484. The molecule has 4 atom stereocenters. The van der Waals surface area contributed by atoms with Crippen molar-refractivity contribution in [3.05, 3.63) is 11.9 Å². The van der Waals surface area contributed by atoms with Crippen molar-refractivity contribution in [2.24, 2.45) is 5.92 Å². The highest BCUT2D eigenvalue weighted by atomic mass is 16.3. The van der Waals surface area contributed by atoms with Crippen molar-refractivity contribution < 1.29 is 5.11 Å². The second kappa shape index (κ2) is 5.66. The Labute approximate surface area is 125 Å². The van der Waals surface area contributed by atoms with Gasteiger partial charge in [0.25, 0.3) is 0 Å². The van der Waals surface area contributed by atoms with Gasteiger partial charge in [0.05, 0.1) is 18.3 Å². The standard InChI is InChI=1S/C15H25N5O/c21-10-13-7-11-3-6-19(13)8-14(11)15-9-20(18-17-15)12-1-4-16-5-2-12/h9,11-14,16,21H,1-8,10H2/t11-,13-,14+/m1/s1. The summed E-state index contributed by atoms with van der Waals surface area (Å²) in [5, 5.41) is 21.8. The van der Waals surface area contributed by atoms with Crippen LogP contribution in [-0.4, -0.2) is 63.8 Å². The van der Waals surface area contributed by atoms with E-state index in [1.807, 2.05) is 0 Å². The molecule has 4 aliphatic rings. The Morgan fingerprint density at radius 2 is 2.14 bits per heavy atom. The smallest absolute Gasteiger partial charge is 0.0873 e. The third-order valence-corrected chi connectivity index (χ3v) is 5.68. The molecule has 0 aliphatic carbocycles. The molecular formula is C15H25N5O. The highest BCUT2D eigenvalue weighted by Gasteiger charge is 2.41. The fraction of sp³-hybridized carbons (Fsp3) is 0.867. The lowest BCUT2D eigenvalue weighted by Gasteiger charge is -2.48. The minimum absolute atomic E-state index is 0.297. The van der Waals surface area contributed by atoms with E-state index in [4.69, 9.17) is 0 Å². The molecule has 4 saturated heterocycles. The third kappa shape index (κ3) is 2.49. The number of aromatic nitrogens is 3. The van der Waals surface area contributed by atoms with E-state index < -0.39 is 0 Å². The lowest BCUT2D eigenvalue weighted by atomic mass is 9.74. The van der Waals surface area contributed by atoms with E-state index in [1.54, 1.807) is 0 Å². The van der Waals surface area contributed by atoms with E-state index in [0.29, 0.717) is 30.5 Å². The van der Waals surface area contributed by atoms with Gasteiger partial charge < -0.3 is 10.4 Å². The molecule has 5 rings (SSSR count). The Morgan fingerprint density at radius 3 is 2.86 bits per heavy atom. The van der Waals surface area contributed by atoms with E-state index in [-0.39, 0.29) is 0 Å². The summed E-state index contributed by atoms with van der Waals surface area (Å²) in [6, 6.07) is 0.887. The van der Waals surface area contributed by atoms with Gasteiger partial charge in [0.15, 0.2) is 0 Å². The molecule has 0 radical (unpaired) electrons. The maximum absolute atomic E-state index is 9.46. The minimum Gasteiger partial charge on any atom is -0.395 e. The van der Waals surface area contributed by atoms with Gasteiger partial charge in [0.2, 0.25) is 0 Å². The number of nitrogens with one attached hydrogen (secondary N) is 1. The number of nitrogens with zero attached hydrogens (tertiary/aromatic N) is 4. The monoisotopic (exact) mass is 291 g/mol. The molecule has 4 fully saturated rings. The summed E-state index contributed by atoms with van der Waals surface area (Å²) >= 11 is 0. The molecule has 0 amide bonds. The lowest BCUT2D eigenvalue weighted by molar-refractivity contribution is 0.00183. The van der Waals surface area contributed by atoms with E-state index in [1.165, 1.54) is 12.1 Å². The molecule has 1 unspecified atom stereocenters. The molecule has 5 heterocycles. The summed E-state index contributed by atoms with van der Waals surface area (Å²) in [6.07, 6.45) is 6.84. The van der Waals surface area contributed by atoms with Crippen molar-refractivity contribution in [1.82, 2.24) is 25.2 Å². The number of hydrogen-bond acceptors (Lipinski definition) is 5. The average molecular weight is 291 g/mol. The molecule has 2 bridgehead atoms. The van der Waals surface area contributed by atoms with Gasteiger partial charge >= 0.3 is 0 Å². The molecule has 4 aliphatic heterocycles. The van der Waals surface area contributed by atoms with E-state index in [2.05, 4.69) is 31.4 Å². The summed E-state index contributed by atoms with van der Waals surface area (Å²) in [7, 11) is 0. The molecule has 1 aromatic rings. The highest BCUT2D eigenvalue weighted by Crippen LogP contribution is 2.41. The van der Waals surface area contributed by atoms with Crippen molar-refractivity contribution >= 4 is 0 Å². The van der Waals surface area contributed by atoms with Crippen LogP contribution in [0.3, 0.4) is 0 Å². The summed E-state index contributed by atoms with van der Waals surface area (Å²) < 4.78 is 2.09. The van der Waals surface area contributed by atoms with Crippen LogP contribution in [0, 0.1) is 5.92 Å². The number of hydrogen-bond donors (Lipinski definition) is 2. The molecule has 0 spiro atoms. The molecule has 21 heavy (non-hydrogen) atoms.